The van der Waals surface area contributed by atoms with Crippen LogP contribution in [-0.4, -0.2) is 51.1 Å². The molecule has 118 valence electrons. The van der Waals surface area contributed by atoms with Crippen LogP contribution in [-0.2, 0) is 10.0 Å². The molecule has 0 spiro atoms. The maximum atomic E-state index is 12.4. The van der Waals surface area contributed by atoms with Crippen LogP contribution >= 0.6 is 15.9 Å². The van der Waals surface area contributed by atoms with Crippen LogP contribution in [0.15, 0.2) is 21.5 Å². The van der Waals surface area contributed by atoms with Gasteiger partial charge in [-0.05, 0) is 61.6 Å². The smallest absolute Gasteiger partial charge is 0.335 e. The average molecular weight is 379 g/mol. The number of benzene rings is 1. The van der Waals surface area contributed by atoms with Gasteiger partial charge in [0.1, 0.15) is 0 Å². The lowest BCUT2D eigenvalue weighted by molar-refractivity contribution is 0.0696. The van der Waals surface area contributed by atoms with Gasteiger partial charge in [-0.25, -0.2) is 17.9 Å². The van der Waals surface area contributed by atoms with E-state index in [0.717, 1.165) is 6.07 Å². The van der Waals surface area contributed by atoms with Crippen LogP contribution < -0.4 is 4.72 Å². The number of hydrogen-bond acceptors (Lipinski definition) is 4. The van der Waals surface area contributed by atoms with Crippen molar-refractivity contribution in [2.24, 2.45) is 0 Å². The van der Waals surface area contributed by atoms with Crippen molar-refractivity contribution in [3.05, 3.63) is 27.7 Å². The molecule has 0 fully saturated rings. The summed E-state index contributed by atoms with van der Waals surface area (Å²) in [7, 11) is -0.115. The van der Waals surface area contributed by atoms with E-state index in [4.69, 9.17) is 5.11 Å². The van der Waals surface area contributed by atoms with Gasteiger partial charge in [0, 0.05) is 17.1 Å². The van der Waals surface area contributed by atoms with E-state index in [1.807, 2.05) is 19.0 Å². The summed E-state index contributed by atoms with van der Waals surface area (Å²) in [4.78, 5) is 12.9. The Morgan fingerprint density at radius 1 is 1.43 bits per heavy atom. The minimum Gasteiger partial charge on any atom is -0.478 e. The molecule has 2 N–H and O–H groups in total. The fraction of sp³-hybridized carbons (Fsp3) is 0.462. The number of nitrogens with one attached hydrogen (secondary N) is 1. The maximum absolute atomic E-state index is 12.4. The highest BCUT2D eigenvalue weighted by atomic mass is 79.9. The Balaban J connectivity index is 3.22. The minimum absolute atomic E-state index is 0.0589. The summed E-state index contributed by atoms with van der Waals surface area (Å²) in [6, 6.07) is 2.28. The van der Waals surface area contributed by atoms with Crippen molar-refractivity contribution in [2.75, 3.05) is 20.6 Å². The summed E-state index contributed by atoms with van der Waals surface area (Å²) >= 11 is 3.22. The van der Waals surface area contributed by atoms with Gasteiger partial charge >= 0.3 is 5.97 Å². The normalized spacial score (nSPS) is 13.4. The molecule has 0 amide bonds. The van der Waals surface area contributed by atoms with Gasteiger partial charge in [-0.1, -0.05) is 0 Å². The topological polar surface area (TPSA) is 86.7 Å². The number of aromatic carboxylic acids is 1. The molecule has 0 aliphatic heterocycles. The molecule has 1 rings (SSSR count). The molecule has 1 atom stereocenters. The van der Waals surface area contributed by atoms with E-state index < -0.39 is 16.0 Å². The molecule has 0 radical (unpaired) electrons. The molecule has 0 aliphatic carbocycles. The third-order valence-electron chi connectivity index (χ3n) is 2.75. The summed E-state index contributed by atoms with van der Waals surface area (Å²) in [6.07, 6.45) is 0. The standard InChI is InChI=1S/C13H19BrN2O4S/c1-8-5-10(13(17)18)6-11(12(8)14)21(19,20)15-9(2)7-16(3)4/h5-6,9,15H,7H2,1-4H3,(H,17,18). The number of sulfonamides is 1. The Morgan fingerprint density at radius 2 is 2.00 bits per heavy atom. The first-order chi connectivity index (χ1) is 9.54. The second-order valence-electron chi connectivity index (χ2n) is 5.19. The molecule has 8 heteroatoms. The second-order valence-corrected chi connectivity index (χ2v) is 7.67. The number of halogens is 1. The Morgan fingerprint density at radius 3 is 2.48 bits per heavy atom. The first-order valence-corrected chi connectivity index (χ1v) is 8.52. The highest BCUT2D eigenvalue weighted by Crippen LogP contribution is 2.27. The van der Waals surface area contributed by atoms with E-state index in [1.54, 1.807) is 13.8 Å². The number of aryl methyl sites for hydroxylation is 1. The quantitative estimate of drug-likeness (QED) is 0.786. The summed E-state index contributed by atoms with van der Waals surface area (Å²) in [6.45, 7) is 3.94. The van der Waals surface area contributed by atoms with Crippen molar-refractivity contribution in [1.29, 1.82) is 0 Å². The van der Waals surface area contributed by atoms with E-state index in [9.17, 15) is 13.2 Å². The van der Waals surface area contributed by atoms with Crippen LogP contribution in [0.4, 0.5) is 0 Å². The molecule has 0 saturated heterocycles. The predicted octanol–water partition coefficient (Wildman–Crippen LogP) is 1.68. The monoisotopic (exact) mass is 378 g/mol. The van der Waals surface area contributed by atoms with Crippen LogP contribution in [0.3, 0.4) is 0 Å². The van der Waals surface area contributed by atoms with E-state index in [-0.39, 0.29) is 16.5 Å². The number of nitrogens with zero attached hydrogens (tertiary/aromatic N) is 1. The van der Waals surface area contributed by atoms with Crippen LogP contribution in [0, 0.1) is 6.92 Å². The zero-order valence-electron chi connectivity index (χ0n) is 12.3. The molecular formula is C13H19BrN2O4S. The maximum Gasteiger partial charge on any atom is 0.335 e. The zero-order valence-corrected chi connectivity index (χ0v) is 14.7. The van der Waals surface area contributed by atoms with Crippen molar-refractivity contribution < 1.29 is 18.3 Å². The van der Waals surface area contributed by atoms with E-state index in [1.165, 1.54) is 6.07 Å². The molecule has 21 heavy (non-hydrogen) atoms. The van der Waals surface area contributed by atoms with Gasteiger partial charge in [0.15, 0.2) is 0 Å². The molecular weight excluding hydrogens is 360 g/mol. The number of carboxylic acids is 1. The lowest BCUT2D eigenvalue weighted by atomic mass is 10.1. The minimum atomic E-state index is -3.80. The predicted molar refractivity (Wildman–Crippen MR) is 84.2 cm³/mol. The number of likely N-dealkylation sites (N-methyl/N-ethyl adjacent to an activating group) is 1. The highest BCUT2D eigenvalue weighted by molar-refractivity contribution is 9.10. The van der Waals surface area contributed by atoms with Crippen LogP contribution in [0.1, 0.15) is 22.8 Å². The van der Waals surface area contributed by atoms with Gasteiger partial charge in [0.05, 0.1) is 10.5 Å². The largest absolute Gasteiger partial charge is 0.478 e. The zero-order chi connectivity index (χ0) is 16.4. The SMILES string of the molecule is Cc1cc(C(=O)O)cc(S(=O)(=O)NC(C)CN(C)C)c1Br. The first kappa shape index (κ1) is 18.1. The van der Waals surface area contributed by atoms with Crippen molar-refractivity contribution >= 4 is 31.9 Å². The van der Waals surface area contributed by atoms with Crippen LogP contribution in [0.2, 0.25) is 0 Å². The Kier molecular flexibility index (Phi) is 5.92. The number of carbonyl (C=O) groups is 1. The third kappa shape index (κ3) is 4.77. The van der Waals surface area contributed by atoms with Crippen LogP contribution in [0.5, 0.6) is 0 Å². The van der Waals surface area contributed by atoms with Crippen molar-refractivity contribution in [3.63, 3.8) is 0 Å². The summed E-state index contributed by atoms with van der Waals surface area (Å²) in [5.41, 5.74) is 0.492. The van der Waals surface area contributed by atoms with Gasteiger partial charge < -0.3 is 10.0 Å². The van der Waals surface area contributed by atoms with Crippen molar-refractivity contribution in [3.8, 4) is 0 Å². The molecule has 1 aromatic rings. The lowest BCUT2D eigenvalue weighted by Gasteiger charge is -2.19. The fourth-order valence-corrected chi connectivity index (χ4v) is 4.25. The van der Waals surface area contributed by atoms with Crippen molar-refractivity contribution in [1.82, 2.24) is 9.62 Å². The molecule has 0 bridgehead atoms. The van der Waals surface area contributed by atoms with E-state index >= 15 is 0 Å². The van der Waals surface area contributed by atoms with E-state index in [2.05, 4.69) is 20.7 Å². The Bertz CT molecular complexity index is 644. The van der Waals surface area contributed by atoms with Crippen LogP contribution in [0.25, 0.3) is 0 Å². The molecule has 0 aromatic heterocycles. The summed E-state index contributed by atoms with van der Waals surface area (Å²) in [5.74, 6) is -1.16. The lowest BCUT2D eigenvalue weighted by Crippen LogP contribution is -2.39. The van der Waals surface area contributed by atoms with Gasteiger partial charge in [-0.2, -0.15) is 0 Å². The Hall–Kier alpha value is -0.960. The Labute approximate surface area is 133 Å². The average Bonchev–Trinajstić information content (AvgIpc) is 2.29. The number of rotatable bonds is 6. The highest BCUT2D eigenvalue weighted by Gasteiger charge is 2.23. The molecule has 0 saturated carbocycles. The molecule has 0 aliphatic rings. The van der Waals surface area contributed by atoms with Gasteiger partial charge in [-0.3, -0.25) is 0 Å². The van der Waals surface area contributed by atoms with Crippen molar-refractivity contribution in [2.45, 2.75) is 24.8 Å². The fourth-order valence-electron chi connectivity index (χ4n) is 1.97. The molecule has 1 aromatic carbocycles. The molecule has 6 nitrogen and oxygen atoms in total. The van der Waals surface area contributed by atoms with Gasteiger partial charge in [0.2, 0.25) is 10.0 Å². The molecule has 0 heterocycles. The third-order valence-corrected chi connectivity index (χ3v) is 5.68. The summed E-state index contributed by atoms with van der Waals surface area (Å²) < 4.78 is 27.8. The number of hydrogen-bond donors (Lipinski definition) is 2. The molecule has 1 unspecified atom stereocenters. The summed E-state index contributed by atoms with van der Waals surface area (Å²) in [5, 5.41) is 9.05. The second kappa shape index (κ2) is 6.87. The van der Waals surface area contributed by atoms with E-state index in [0.29, 0.717) is 16.6 Å². The number of carboxylic acid groups (broad SMARTS) is 1. The van der Waals surface area contributed by atoms with Gasteiger partial charge in [-0.15, -0.1) is 0 Å². The first-order valence-electron chi connectivity index (χ1n) is 6.25. The van der Waals surface area contributed by atoms with Gasteiger partial charge in [0.25, 0.3) is 0 Å².